The standard InChI is InChI=1S/C27H27N3O4/c31-25-22(21-13-7-8-14-23(21)29-25)15-16-28-26(32)24(17-19-9-3-1-4-10-19)30-27(33)34-18-20-11-5-2-6-12-20/h1-14,22,24H,15-18H2,(H,28,32)(H,29,31)(H,30,33). The van der Waals surface area contributed by atoms with Crippen molar-refractivity contribution in [1.82, 2.24) is 10.6 Å². The molecule has 3 N–H and O–H groups in total. The lowest BCUT2D eigenvalue weighted by molar-refractivity contribution is -0.123. The molecule has 0 radical (unpaired) electrons. The number of anilines is 1. The van der Waals surface area contributed by atoms with Crippen LogP contribution in [0, 0.1) is 0 Å². The van der Waals surface area contributed by atoms with E-state index in [0.717, 1.165) is 22.4 Å². The number of alkyl carbamates (subject to hydrolysis) is 1. The van der Waals surface area contributed by atoms with Crippen LogP contribution in [-0.4, -0.2) is 30.5 Å². The predicted molar refractivity (Wildman–Crippen MR) is 129 cm³/mol. The van der Waals surface area contributed by atoms with Crippen molar-refractivity contribution >= 4 is 23.6 Å². The van der Waals surface area contributed by atoms with Crippen LogP contribution >= 0.6 is 0 Å². The molecule has 4 rings (SSSR count). The number of hydrogen-bond donors (Lipinski definition) is 3. The van der Waals surface area contributed by atoms with Crippen LogP contribution in [-0.2, 0) is 27.4 Å². The van der Waals surface area contributed by atoms with E-state index < -0.39 is 12.1 Å². The fourth-order valence-electron chi connectivity index (χ4n) is 3.99. The molecule has 0 spiro atoms. The fraction of sp³-hybridized carbons (Fsp3) is 0.222. The van der Waals surface area contributed by atoms with Gasteiger partial charge < -0.3 is 20.7 Å². The van der Waals surface area contributed by atoms with Gasteiger partial charge in [0.1, 0.15) is 12.6 Å². The van der Waals surface area contributed by atoms with E-state index >= 15 is 0 Å². The Morgan fingerprint density at radius 3 is 2.26 bits per heavy atom. The van der Waals surface area contributed by atoms with E-state index in [0.29, 0.717) is 19.4 Å². The molecule has 0 aromatic heterocycles. The zero-order chi connectivity index (χ0) is 23.8. The summed E-state index contributed by atoms with van der Waals surface area (Å²) < 4.78 is 5.30. The lowest BCUT2D eigenvalue weighted by atomic mass is 9.97. The minimum Gasteiger partial charge on any atom is -0.445 e. The maximum Gasteiger partial charge on any atom is 0.408 e. The molecule has 174 valence electrons. The van der Waals surface area contributed by atoms with Gasteiger partial charge in [0.25, 0.3) is 0 Å². The van der Waals surface area contributed by atoms with Crippen LogP contribution in [0.3, 0.4) is 0 Å². The normalized spacial score (nSPS) is 15.1. The number of fused-ring (bicyclic) bond motifs is 1. The third-order valence-corrected chi connectivity index (χ3v) is 5.75. The van der Waals surface area contributed by atoms with E-state index in [1.165, 1.54) is 0 Å². The highest BCUT2D eigenvalue weighted by Gasteiger charge is 2.30. The largest absolute Gasteiger partial charge is 0.445 e. The van der Waals surface area contributed by atoms with Crippen LogP contribution < -0.4 is 16.0 Å². The van der Waals surface area contributed by atoms with Crippen LogP contribution in [0.4, 0.5) is 10.5 Å². The highest BCUT2D eigenvalue weighted by molar-refractivity contribution is 6.02. The van der Waals surface area contributed by atoms with Crippen LogP contribution in [0.5, 0.6) is 0 Å². The zero-order valence-corrected chi connectivity index (χ0v) is 18.7. The molecule has 2 unspecified atom stereocenters. The minimum atomic E-state index is -0.810. The molecule has 0 saturated carbocycles. The molecule has 7 nitrogen and oxygen atoms in total. The Morgan fingerprint density at radius 2 is 1.53 bits per heavy atom. The average molecular weight is 458 g/mol. The fourth-order valence-corrected chi connectivity index (χ4v) is 3.99. The summed E-state index contributed by atoms with van der Waals surface area (Å²) in [6.45, 7) is 0.417. The van der Waals surface area contributed by atoms with Crippen molar-refractivity contribution in [3.8, 4) is 0 Å². The Hall–Kier alpha value is -4.13. The van der Waals surface area contributed by atoms with E-state index in [1.54, 1.807) is 0 Å². The van der Waals surface area contributed by atoms with Crippen molar-refractivity contribution in [2.75, 3.05) is 11.9 Å². The first-order valence-electron chi connectivity index (χ1n) is 11.3. The van der Waals surface area contributed by atoms with Crippen LogP contribution in [0.15, 0.2) is 84.9 Å². The first-order chi connectivity index (χ1) is 16.6. The molecule has 3 amide bonds. The molecule has 34 heavy (non-hydrogen) atoms. The Balaban J connectivity index is 1.34. The number of rotatable bonds is 9. The van der Waals surface area contributed by atoms with Crippen LogP contribution in [0.2, 0.25) is 0 Å². The number of carbonyl (C=O) groups excluding carboxylic acids is 3. The van der Waals surface area contributed by atoms with Crippen molar-refractivity contribution < 1.29 is 19.1 Å². The van der Waals surface area contributed by atoms with Gasteiger partial charge in [-0.3, -0.25) is 9.59 Å². The van der Waals surface area contributed by atoms with Gasteiger partial charge in [0, 0.05) is 18.7 Å². The number of nitrogens with one attached hydrogen (secondary N) is 3. The van der Waals surface area contributed by atoms with E-state index in [-0.39, 0.29) is 24.3 Å². The maximum atomic E-state index is 13.0. The van der Waals surface area contributed by atoms with Crippen LogP contribution in [0.25, 0.3) is 0 Å². The smallest absolute Gasteiger partial charge is 0.408 e. The minimum absolute atomic E-state index is 0.0705. The number of ether oxygens (including phenoxy) is 1. The molecule has 0 aliphatic carbocycles. The van der Waals surface area contributed by atoms with Crippen molar-refractivity contribution in [1.29, 1.82) is 0 Å². The molecule has 0 bridgehead atoms. The summed E-state index contributed by atoms with van der Waals surface area (Å²) >= 11 is 0. The Labute approximate surface area is 198 Å². The SMILES string of the molecule is O=C(NC(Cc1ccccc1)C(=O)NCCC1C(=O)Nc2ccccc21)OCc1ccccc1. The molecule has 3 aromatic rings. The molecule has 1 aliphatic rings. The van der Waals surface area contributed by atoms with Gasteiger partial charge in [-0.05, 0) is 29.2 Å². The number of carbonyl (C=O) groups is 3. The first kappa shape index (κ1) is 23.0. The number of benzene rings is 3. The van der Waals surface area contributed by atoms with Crippen molar-refractivity contribution in [3.05, 3.63) is 102 Å². The summed E-state index contributed by atoms with van der Waals surface area (Å²) in [5.41, 5.74) is 3.52. The Kier molecular flexibility index (Phi) is 7.55. The predicted octanol–water partition coefficient (Wildman–Crippen LogP) is 3.77. The summed E-state index contributed by atoms with van der Waals surface area (Å²) in [6, 6.07) is 25.5. The quantitative estimate of drug-likeness (QED) is 0.456. The third-order valence-electron chi connectivity index (χ3n) is 5.75. The van der Waals surface area contributed by atoms with Gasteiger partial charge >= 0.3 is 6.09 Å². The Morgan fingerprint density at radius 1 is 0.882 bits per heavy atom. The molecule has 2 atom stereocenters. The average Bonchev–Trinajstić information content (AvgIpc) is 3.18. The zero-order valence-electron chi connectivity index (χ0n) is 18.7. The molecule has 1 aliphatic heterocycles. The van der Waals surface area contributed by atoms with Gasteiger partial charge in [0.05, 0.1) is 5.92 Å². The molecule has 0 fully saturated rings. The van der Waals surface area contributed by atoms with E-state index in [2.05, 4.69) is 16.0 Å². The number of para-hydroxylation sites is 1. The molecular formula is C27H27N3O4. The van der Waals surface area contributed by atoms with Gasteiger partial charge in [0.2, 0.25) is 11.8 Å². The number of hydrogen-bond acceptors (Lipinski definition) is 4. The van der Waals surface area contributed by atoms with Gasteiger partial charge in [-0.25, -0.2) is 4.79 Å². The van der Waals surface area contributed by atoms with E-state index in [4.69, 9.17) is 4.74 Å². The summed E-state index contributed by atoms with van der Waals surface area (Å²) in [4.78, 5) is 37.7. The molecular weight excluding hydrogens is 430 g/mol. The Bertz CT molecular complexity index is 1130. The second-order valence-corrected chi connectivity index (χ2v) is 8.16. The van der Waals surface area contributed by atoms with Crippen molar-refractivity contribution in [2.24, 2.45) is 0 Å². The van der Waals surface area contributed by atoms with Gasteiger partial charge in [-0.1, -0.05) is 78.9 Å². The lowest BCUT2D eigenvalue weighted by Crippen LogP contribution is -2.48. The van der Waals surface area contributed by atoms with Crippen molar-refractivity contribution in [2.45, 2.75) is 31.4 Å². The topological polar surface area (TPSA) is 96.5 Å². The van der Waals surface area contributed by atoms with E-state index in [1.807, 2.05) is 84.9 Å². The second-order valence-electron chi connectivity index (χ2n) is 8.16. The second kappa shape index (κ2) is 11.1. The van der Waals surface area contributed by atoms with Gasteiger partial charge in [-0.15, -0.1) is 0 Å². The van der Waals surface area contributed by atoms with Crippen molar-refractivity contribution in [3.63, 3.8) is 0 Å². The molecule has 1 heterocycles. The molecule has 3 aromatic carbocycles. The highest BCUT2D eigenvalue weighted by Crippen LogP contribution is 2.33. The summed E-state index contributed by atoms with van der Waals surface area (Å²) in [5, 5.41) is 8.43. The molecule has 0 saturated heterocycles. The number of amides is 3. The summed E-state index contributed by atoms with van der Waals surface area (Å²) in [5.74, 6) is -0.709. The highest BCUT2D eigenvalue weighted by atomic mass is 16.5. The van der Waals surface area contributed by atoms with Gasteiger partial charge in [0.15, 0.2) is 0 Å². The monoisotopic (exact) mass is 457 g/mol. The maximum absolute atomic E-state index is 13.0. The lowest BCUT2D eigenvalue weighted by Gasteiger charge is -2.19. The first-order valence-corrected chi connectivity index (χ1v) is 11.3. The summed E-state index contributed by atoms with van der Waals surface area (Å²) in [7, 11) is 0. The molecule has 7 heteroatoms. The van der Waals surface area contributed by atoms with Crippen LogP contribution in [0.1, 0.15) is 29.0 Å². The third kappa shape index (κ3) is 6.01. The summed E-state index contributed by atoms with van der Waals surface area (Å²) in [6.07, 6.45) is 0.120. The van der Waals surface area contributed by atoms with E-state index in [9.17, 15) is 14.4 Å². The van der Waals surface area contributed by atoms with Gasteiger partial charge in [-0.2, -0.15) is 0 Å².